The van der Waals surface area contributed by atoms with Crippen molar-refractivity contribution in [3.05, 3.63) is 42.2 Å². The zero-order chi connectivity index (χ0) is 15.2. The molecule has 0 bridgehead atoms. The van der Waals surface area contributed by atoms with Gasteiger partial charge in [-0.25, -0.2) is 0 Å². The fourth-order valence-corrected chi connectivity index (χ4v) is 2.08. The molecule has 112 valence electrons. The average molecular weight is 289 g/mol. The second-order valence-electron chi connectivity index (χ2n) is 4.60. The maximum absolute atomic E-state index is 12.0. The zero-order valence-electron chi connectivity index (χ0n) is 12.4. The number of rotatable bonds is 6. The van der Waals surface area contributed by atoms with Crippen molar-refractivity contribution in [1.82, 2.24) is 15.1 Å². The van der Waals surface area contributed by atoms with E-state index < -0.39 is 0 Å². The summed E-state index contributed by atoms with van der Waals surface area (Å²) in [6, 6.07) is 7.13. The van der Waals surface area contributed by atoms with E-state index in [1.807, 2.05) is 19.1 Å². The summed E-state index contributed by atoms with van der Waals surface area (Å²) in [6.45, 7) is 2.10. The van der Waals surface area contributed by atoms with Crippen LogP contribution in [0, 0.1) is 0 Å². The van der Waals surface area contributed by atoms with Crippen LogP contribution in [-0.2, 0) is 11.3 Å². The highest BCUT2D eigenvalue weighted by molar-refractivity contribution is 5.76. The number of amides is 1. The monoisotopic (exact) mass is 289 g/mol. The van der Waals surface area contributed by atoms with Gasteiger partial charge in [0.15, 0.2) is 0 Å². The van der Waals surface area contributed by atoms with E-state index in [1.165, 1.54) is 0 Å². The quantitative estimate of drug-likeness (QED) is 0.880. The highest BCUT2D eigenvalue weighted by Crippen LogP contribution is 2.29. The van der Waals surface area contributed by atoms with Crippen LogP contribution in [0.5, 0.6) is 11.5 Å². The number of carbonyl (C=O) groups excluding carboxylic acids is 1. The van der Waals surface area contributed by atoms with Crippen LogP contribution in [-0.4, -0.2) is 29.9 Å². The Kier molecular flexibility index (Phi) is 4.81. The molecule has 0 saturated heterocycles. The van der Waals surface area contributed by atoms with Crippen molar-refractivity contribution in [2.24, 2.45) is 0 Å². The van der Waals surface area contributed by atoms with Crippen LogP contribution in [0.25, 0.3) is 0 Å². The van der Waals surface area contributed by atoms with E-state index in [1.54, 1.807) is 43.4 Å². The molecule has 21 heavy (non-hydrogen) atoms. The maximum Gasteiger partial charge on any atom is 0.242 e. The second kappa shape index (κ2) is 6.78. The molecule has 0 saturated carbocycles. The molecule has 2 aromatic rings. The molecule has 0 aliphatic heterocycles. The second-order valence-corrected chi connectivity index (χ2v) is 4.60. The van der Waals surface area contributed by atoms with Crippen molar-refractivity contribution >= 4 is 5.91 Å². The number of nitrogens with one attached hydrogen (secondary N) is 1. The Morgan fingerprint density at radius 2 is 2.19 bits per heavy atom. The predicted molar refractivity (Wildman–Crippen MR) is 78.3 cm³/mol. The van der Waals surface area contributed by atoms with Crippen molar-refractivity contribution in [1.29, 1.82) is 0 Å². The maximum atomic E-state index is 12.0. The number of methoxy groups -OCH3 is 2. The summed E-state index contributed by atoms with van der Waals surface area (Å²) in [6.07, 6.45) is 3.39. The molecule has 0 aliphatic rings. The molecular formula is C15H19N3O3. The number of carbonyl (C=O) groups is 1. The molecule has 0 radical (unpaired) electrons. The Bertz CT molecular complexity index is 596. The molecule has 1 atom stereocenters. The smallest absolute Gasteiger partial charge is 0.242 e. The van der Waals surface area contributed by atoms with Gasteiger partial charge in [-0.1, -0.05) is 0 Å². The summed E-state index contributed by atoms with van der Waals surface area (Å²) in [7, 11) is 3.19. The predicted octanol–water partition coefficient (Wildman–Crippen LogP) is 1.78. The van der Waals surface area contributed by atoms with E-state index in [4.69, 9.17) is 9.47 Å². The minimum Gasteiger partial charge on any atom is -0.497 e. The van der Waals surface area contributed by atoms with Gasteiger partial charge >= 0.3 is 0 Å². The van der Waals surface area contributed by atoms with Crippen molar-refractivity contribution in [3.63, 3.8) is 0 Å². The Morgan fingerprint density at radius 1 is 1.38 bits per heavy atom. The Labute approximate surface area is 123 Å². The fourth-order valence-electron chi connectivity index (χ4n) is 2.08. The van der Waals surface area contributed by atoms with Gasteiger partial charge in [-0.2, -0.15) is 5.10 Å². The lowest BCUT2D eigenvalue weighted by atomic mass is 10.1. The molecule has 6 heteroatoms. The SMILES string of the molecule is COc1ccc([C@@H](C)NC(=O)Cn2cccn2)c(OC)c1. The molecule has 0 unspecified atom stereocenters. The Hall–Kier alpha value is -2.50. The largest absolute Gasteiger partial charge is 0.497 e. The van der Waals surface area contributed by atoms with E-state index in [-0.39, 0.29) is 18.5 Å². The first-order valence-corrected chi connectivity index (χ1v) is 6.62. The van der Waals surface area contributed by atoms with Gasteiger partial charge in [0.1, 0.15) is 18.0 Å². The van der Waals surface area contributed by atoms with Crippen LogP contribution in [0.15, 0.2) is 36.7 Å². The molecule has 1 amide bonds. The molecule has 2 rings (SSSR count). The van der Waals surface area contributed by atoms with Crippen LogP contribution in [0.4, 0.5) is 0 Å². The van der Waals surface area contributed by atoms with E-state index in [2.05, 4.69) is 10.4 Å². The summed E-state index contributed by atoms with van der Waals surface area (Å²) in [5.41, 5.74) is 0.895. The van der Waals surface area contributed by atoms with Crippen LogP contribution in [0.3, 0.4) is 0 Å². The third-order valence-corrected chi connectivity index (χ3v) is 3.15. The molecule has 1 N–H and O–H groups in total. The summed E-state index contributed by atoms with van der Waals surface area (Å²) in [4.78, 5) is 12.0. The molecule has 0 fully saturated rings. The van der Waals surface area contributed by atoms with Crippen LogP contribution < -0.4 is 14.8 Å². The van der Waals surface area contributed by atoms with Gasteiger partial charge in [0.2, 0.25) is 5.91 Å². The lowest BCUT2D eigenvalue weighted by Crippen LogP contribution is -2.30. The van der Waals surface area contributed by atoms with Crippen molar-refractivity contribution in [2.75, 3.05) is 14.2 Å². The molecule has 1 aromatic heterocycles. The highest BCUT2D eigenvalue weighted by Gasteiger charge is 2.15. The lowest BCUT2D eigenvalue weighted by Gasteiger charge is -2.18. The summed E-state index contributed by atoms with van der Waals surface area (Å²) >= 11 is 0. The number of aromatic nitrogens is 2. The van der Waals surface area contributed by atoms with Gasteiger partial charge in [-0.05, 0) is 25.1 Å². The number of hydrogen-bond acceptors (Lipinski definition) is 4. The first kappa shape index (κ1) is 14.9. The Balaban J connectivity index is 2.05. The number of nitrogens with zero attached hydrogens (tertiary/aromatic N) is 2. The molecular weight excluding hydrogens is 270 g/mol. The highest BCUT2D eigenvalue weighted by atomic mass is 16.5. The molecule has 6 nitrogen and oxygen atoms in total. The van der Waals surface area contributed by atoms with Gasteiger partial charge in [0.05, 0.1) is 20.3 Å². The first-order chi connectivity index (χ1) is 10.1. The fraction of sp³-hybridized carbons (Fsp3) is 0.333. The normalized spacial score (nSPS) is 11.8. The average Bonchev–Trinajstić information content (AvgIpc) is 2.99. The minimum absolute atomic E-state index is 0.107. The summed E-state index contributed by atoms with van der Waals surface area (Å²) in [5, 5.41) is 6.93. The van der Waals surface area contributed by atoms with Crippen LogP contribution in [0.2, 0.25) is 0 Å². The number of benzene rings is 1. The van der Waals surface area contributed by atoms with Gasteiger partial charge < -0.3 is 14.8 Å². The topological polar surface area (TPSA) is 65.4 Å². The number of hydrogen-bond donors (Lipinski definition) is 1. The van der Waals surface area contributed by atoms with Crippen LogP contribution >= 0.6 is 0 Å². The standard InChI is InChI=1S/C15H19N3O3/c1-11(17-15(19)10-18-8-4-7-16-18)13-6-5-12(20-2)9-14(13)21-3/h4-9,11H,10H2,1-3H3,(H,17,19)/t11-/m1/s1. The molecule has 0 spiro atoms. The molecule has 1 aromatic carbocycles. The third kappa shape index (κ3) is 3.75. The van der Waals surface area contributed by atoms with Gasteiger partial charge in [0.25, 0.3) is 0 Å². The van der Waals surface area contributed by atoms with Gasteiger partial charge in [0, 0.05) is 24.0 Å². The first-order valence-electron chi connectivity index (χ1n) is 6.62. The molecule has 1 heterocycles. The van der Waals surface area contributed by atoms with Gasteiger partial charge in [-0.15, -0.1) is 0 Å². The van der Waals surface area contributed by atoms with E-state index in [0.29, 0.717) is 11.5 Å². The van der Waals surface area contributed by atoms with E-state index >= 15 is 0 Å². The third-order valence-electron chi connectivity index (χ3n) is 3.15. The Morgan fingerprint density at radius 3 is 2.81 bits per heavy atom. The van der Waals surface area contributed by atoms with E-state index in [0.717, 1.165) is 5.56 Å². The van der Waals surface area contributed by atoms with Gasteiger partial charge in [-0.3, -0.25) is 9.48 Å². The van der Waals surface area contributed by atoms with Crippen LogP contribution in [0.1, 0.15) is 18.5 Å². The molecule has 0 aliphatic carbocycles. The lowest BCUT2D eigenvalue weighted by molar-refractivity contribution is -0.122. The summed E-state index contributed by atoms with van der Waals surface area (Å²) < 4.78 is 12.1. The van der Waals surface area contributed by atoms with E-state index in [9.17, 15) is 4.79 Å². The van der Waals surface area contributed by atoms with Crippen molar-refractivity contribution < 1.29 is 14.3 Å². The number of ether oxygens (including phenoxy) is 2. The van der Waals surface area contributed by atoms with Crippen molar-refractivity contribution in [3.8, 4) is 11.5 Å². The minimum atomic E-state index is -0.172. The summed E-state index contributed by atoms with van der Waals surface area (Å²) in [5.74, 6) is 1.29. The zero-order valence-corrected chi connectivity index (χ0v) is 12.4. The van der Waals surface area contributed by atoms with Crippen molar-refractivity contribution in [2.45, 2.75) is 19.5 Å².